The van der Waals surface area contributed by atoms with Crippen molar-refractivity contribution in [1.82, 2.24) is 4.90 Å². The number of rotatable bonds is 5. The number of likely N-dealkylation sites (tertiary alicyclic amines) is 1. The van der Waals surface area contributed by atoms with Gasteiger partial charge in [0, 0.05) is 25.0 Å². The number of amides is 1. The molecule has 1 aromatic carbocycles. The van der Waals surface area contributed by atoms with Crippen molar-refractivity contribution in [2.75, 3.05) is 19.6 Å². The number of carbonyl (C=O) groups is 1. The van der Waals surface area contributed by atoms with Crippen LogP contribution in [0.15, 0.2) is 30.3 Å². The summed E-state index contributed by atoms with van der Waals surface area (Å²) in [7, 11) is 0. The highest BCUT2D eigenvalue weighted by molar-refractivity contribution is 5.83. The van der Waals surface area contributed by atoms with E-state index in [1.165, 1.54) is 5.56 Å². The quantitative estimate of drug-likeness (QED) is 0.905. The van der Waals surface area contributed by atoms with E-state index in [0.29, 0.717) is 6.54 Å². The third-order valence-corrected chi connectivity index (χ3v) is 5.43. The molecule has 1 aliphatic rings. The van der Waals surface area contributed by atoms with Gasteiger partial charge in [0.25, 0.3) is 0 Å². The minimum absolute atomic E-state index is 0.0682. The van der Waals surface area contributed by atoms with Crippen molar-refractivity contribution in [2.45, 2.75) is 45.4 Å². The smallest absolute Gasteiger partial charge is 0.230 e. The van der Waals surface area contributed by atoms with Crippen LogP contribution in [0.1, 0.15) is 45.6 Å². The summed E-state index contributed by atoms with van der Waals surface area (Å²) in [6, 6.07) is 10.5. The molecule has 2 N–H and O–H groups in total. The predicted octanol–water partition coefficient (Wildman–Crippen LogP) is 2.94. The van der Waals surface area contributed by atoms with Gasteiger partial charge in [-0.3, -0.25) is 4.79 Å². The van der Waals surface area contributed by atoms with E-state index in [1.807, 2.05) is 11.0 Å². The molecule has 3 heteroatoms. The second-order valence-electron chi connectivity index (χ2n) is 6.59. The van der Waals surface area contributed by atoms with Crippen molar-refractivity contribution in [3.63, 3.8) is 0 Å². The molecule has 0 radical (unpaired) electrons. The van der Waals surface area contributed by atoms with Crippen LogP contribution in [0.3, 0.4) is 0 Å². The Morgan fingerprint density at radius 3 is 2.43 bits per heavy atom. The summed E-state index contributed by atoms with van der Waals surface area (Å²) < 4.78 is 0. The van der Waals surface area contributed by atoms with Gasteiger partial charge in [0.05, 0.1) is 5.41 Å². The Labute approximate surface area is 128 Å². The van der Waals surface area contributed by atoms with Crippen LogP contribution >= 0.6 is 0 Å². The van der Waals surface area contributed by atoms with Crippen LogP contribution in [0.4, 0.5) is 0 Å². The molecule has 1 amide bonds. The van der Waals surface area contributed by atoms with Crippen molar-refractivity contribution in [3.8, 4) is 0 Å². The van der Waals surface area contributed by atoms with Crippen molar-refractivity contribution in [3.05, 3.63) is 35.9 Å². The molecule has 1 saturated heterocycles. The highest BCUT2D eigenvalue weighted by Crippen LogP contribution is 2.37. The van der Waals surface area contributed by atoms with Gasteiger partial charge >= 0.3 is 0 Å². The van der Waals surface area contributed by atoms with Crippen molar-refractivity contribution >= 4 is 5.91 Å². The van der Waals surface area contributed by atoms with E-state index in [0.717, 1.165) is 32.4 Å². The number of hydrogen-bond acceptors (Lipinski definition) is 2. The van der Waals surface area contributed by atoms with E-state index in [-0.39, 0.29) is 16.7 Å². The lowest BCUT2D eigenvalue weighted by Gasteiger charge is -2.34. The molecule has 0 aliphatic carbocycles. The normalized spacial score (nSPS) is 22.6. The molecule has 0 aromatic heterocycles. The van der Waals surface area contributed by atoms with Gasteiger partial charge in [0.2, 0.25) is 5.91 Å². The molecule has 1 aromatic rings. The topological polar surface area (TPSA) is 46.3 Å². The van der Waals surface area contributed by atoms with Gasteiger partial charge in [-0.15, -0.1) is 0 Å². The lowest BCUT2D eigenvalue weighted by molar-refractivity contribution is -0.141. The standard InChI is InChI=1S/C18H28N2O/c1-4-18(5-2,13-19)16(21)20-12-11-17(3,14-20)15-9-7-6-8-10-15/h6-10H,4-5,11-14,19H2,1-3H3. The largest absolute Gasteiger partial charge is 0.341 e. The average Bonchev–Trinajstić information content (AvgIpc) is 2.94. The first-order chi connectivity index (χ1) is 10.0. The molecule has 1 aliphatic heterocycles. The fourth-order valence-electron chi connectivity index (χ4n) is 3.47. The van der Waals surface area contributed by atoms with Gasteiger partial charge in [-0.1, -0.05) is 51.1 Å². The van der Waals surface area contributed by atoms with E-state index in [4.69, 9.17) is 5.73 Å². The monoisotopic (exact) mass is 288 g/mol. The third kappa shape index (κ3) is 2.84. The number of carbonyl (C=O) groups excluding carboxylic acids is 1. The van der Waals surface area contributed by atoms with Gasteiger partial charge in [0.1, 0.15) is 0 Å². The van der Waals surface area contributed by atoms with Gasteiger partial charge in [0.15, 0.2) is 0 Å². The number of nitrogens with zero attached hydrogens (tertiary/aromatic N) is 1. The van der Waals surface area contributed by atoms with E-state index in [9.17, 15) is 4.79 Å². The molecule has 2 rings (SSSR count). The minimum atomic E-state index is -0.373. The maximum Gasteiger partial charge on any atom is 0.230 e. The Balaban J connectivity index is 2.17. The lowest BCUT2D eigenvalue weighted by atomic mass is 9.80. The summed E-state index contributed by atoms with van der Waals surface area (Å²) in [6.07, 6.45) is 2.66. The highest BCUT2D eigenvalue weighted by atomic mass is 16.2. The van der Waals surface area contributed by atoms with Gasteiger partial charge < -0.3 is 10.6 Å². The zero-order valence-corrected chi connectivity index (χ0v) is 13.6. The van der Waals surface area contributed by atoms with E-state index < -0.39 is 0 Å². The van der Waals surface area contributed by atoms with Crippen molar-refractivity contribution in [1.29, 1.82) is 0 Å². The number of nitrogens with two attached hydrogens (primary N) is 1. The molecule has 1 unspecified atom stereocenters. The third-order valence-electron chi connectivity index (χ3n) is 5.43. The van der Waals surface area contributed by atoms with Crippen LogP contribution in [0, 0.1) is 5.41 Å². The fraction of sp³-hybridized carbons (Fsp3) is 0.611. The SMILES string of the molecule is CCC(CC)(CN)C(=O)N1CCC(C)(c2ccccc2)C1. The summed E-state index contributed by atoms with van der Waals surface area (Å²) in [6.45, 7) is 8.49. The van der Waals surface area contributed by atoms with Crippen LogP contribution in [-0.2, 0) is 10.2 Å². The zero-order chi connectivity index (χ0) is 15.5. The second kappa shape index (κ2) is 6.18. The second-order valence-corrected chi connectivity index (χ2v) is 6.59. The average molecular weight is 288 g/mol. The predicted molar refractivity (Wildman–Crippen MR) is 87.1 cm³/mol. The van der Waals surface area contributed by atoms with Crippen LogP contribution < -0.4 is 5.73 Å². The molecule has 0 saturated carbocycles. The zero-order valence-electron chi connectivity index (χ0n) is 13.6. The summed E-state index contributed by atoms with van der Waals surface area (Å²) in [4.78, 5) is 15.0. The van der Waals surface area contributed by atoms with Gasteiger partial charge in [-0.2, -0.15) is 0 Å². The number of benzene rings is 1. The van der Waals surface area contributed by atoms with E-state index in [2.05, 4.69) is 45.0 Å². The first kappa shape index (κ1) is 16.0. The maximum atomic E-state index is 12.9. The Bertz CT molecular complexity index is 473. The Morgan fingerprint density at radius 2 is 1.90 bits per heavy atom. The summed E-state index contributed by atoms with van der Waals surface area (Å²) in [5.41, 5.74) is 6.95. The Morgan fingerprint density at radius 1 is 1.29 bits per heavy atom. The molecule has 21 heavy (non-hydrogen) atoms. The summed E-state index contributed by atoms with van der Waals surface area (Å²) in [5.74, 6) is 0.245. The molecular formula is C18H28N2O. The molecule has 1 heterocycles. The van der Waals surface area contributed by atoms with Crippen molar-refractivity contribution in [2.24, 2.45) is 11.1 Å². The first-order valence-electron chi connectivity index (χ1n) is 8.06. The van der Waals surface area contributed by atoms with E-state index >= 15 is 0 Å². The fourth-order valence-corrected chi connectivity index (χ4v) is 3.47. The highest BCUT2D eigenvalue weighted by Gasteiger charge is 2.43. The summed E-state index contributed by atoms with van der Waals surface area (Å²) in [5, 5.41) is 0. The molecule has 0 bridgehead atoms. The van der Waals surface area contributed by atoms with Crippen LogP contribution in [-0.4, -0.2) is 30.4 Å². The lowest BCUT2D eigenvalue weighted by Crippen LogP contribution is -2.47. The minimum Gasteiger partial charge on any atom is -0.341 e. The molecule has 0 spiro atoms. The van der Waals surface area contributed by atoms with Crippen molar-refractivity contribution < 1.29 is 4.79 Å². The van der Waals surface area contributed by atoms with Crippen LogP contribution in [0.5, 0.6) is 0 Å². The maximum absolute atomic E-state index is 12.9. The Hall–Kier alpha value is -1.35. The molecule has 1 atom stereocenters. The molecule has 1 fully saturated rings. The molecule has 3 nitrogen and oxygen atoms in total. The van der Waals surface area contributed by atoms with Gasteiger partial charge in [-0.05, 0) is 24.8 Å². The Kier molecular flexibility index (Phi) is 4.72. The first-order valence-corrected chi connectivity index (χ1v) is 8.06. The van der Waals surface area contributed by atoms with Gasteiger partial charge in [-0.25, -0.2) is 0 Å². The molecular weight excluding hydrogens is 260 g/mol. The molecule has 116 valence electrons. The number of hydrogen-bond donors (Lipinski definition) is 1. The van der Waals surface area contributed by atoms with E-state index in [1.54, 1.807) is 0 Å². The van der Waals surface area contributed by atoms with Crippen LogP contribution in [0.2, 0.25) is 0 Å². The summed E-state index contributed by atoms with van der Waals surface area (Å²) >= 11 is 0. The van der Waals surface area contributed by atoms with Crippen LogP contribution in [0.25, 0.3) is 0 Å².